The van der Waals surface area contributed by atoms with Crippen LogP contribution in [0, 0.1) is 11.3 Å². The van der Waals surface area contributed by atoms with E-state index in [2.05, 4.69) is 0 Å². The van der Waals surface area contributed by atoms with Crippen LogP contribution < -0.4 is 0 Å². The molecule has 1 N–H and O–H groups in total. The van der Waals surface area contributed by atoms with Crippen LogP contribution in [-0.4, -0.2) is 11.1 Å². The van der Waals surface area contributed by atoms with E-state index in [0.717, 1.165) is 6.07 Å². The van der Waals surface area contributed by atoms with Crippen LogP contribution in [0.5, 0.6) is 0 Å². The normalized spacial score (nSPS) is 11.0. The molecule has 0 aliphatic rings. The molecule has 0 saturated heterocycles. The molecule has 0 unspecified atom stereocenters. The van der Waals surface area contributed by atoms with Gasteiger partial charge in [-0.2, -0.15) is 18.4 Å². The van der Waals surface area contributed by atoms with Gasteiger partial charge in [0, 0.05) is 5.88 Å². The van der Waals surface area contributed by atoms with Gasteiger partial charge in [-0.15, -0.1) is 11.6 Å². The van der Waals surface area contributed by atoms with Crippen molar-refractivity contribution in [3.05, 3.63) is 34.4 Å². The molecule has 1 aromatic rings. The molecule has 90 valence electrons. The second-order valence-electron chi connectivity index (χ2n) is 3.07. The fourth-order valence-electron chi connectivity index (χ4n) is 1.35. The second-order valence-corrected chi connectivity index (χ2v) is 3.34. The number of carboxylic acid groups (broad SMARTS) is 1. The van der Waals surface area contributed by atoms with E-state index in [0.29, 0.717) is 6.07 Å². The molecular formula is C10H5ClF3NO2. The summed E-state index contributed by atoms with van der Waals surface area (Å²) in [5.41, 5.74) is -2.91. The zero-order valence-corrected chi connectivity index (χ0v) is 8.93. The van der Waals surface area contributed by atoms with Crippen molar-refractivity contribution >= 4 is 17.6 Å². The molecule has 1 aromatic carbocycles. The average molecular weight is 264 g/mol. The summed E-state index contributed by atoms with van der Waals surface area (Å²) in [6, 6.07) is 2.88. The fourth-order valence-corrected chi connectivity index (χ4v) is 1.58. The van der Waals surface area contributed by atoms with Crippen molar-refractivity contribution in [1.29, 1.82) is 5.26 Å². The molecule has 0 aliphatic carbocycles. The second kappa shape index (κ2) is 4.63. The first-order chi connectivity index (χ1) is 7.82. The van der Waals surface area contributed by atoms with Gasteiger partial charge in [0.1, 0.15) is 6.07 Å². The van der Waals surface area contributed by atoms with E-state index < -0.39 is 28.8 Å². The van der Waals surface area contributed by atoms with Crippen LogP contribution in [0.2, 0.25) is 0 Å². The lowest BCUT2D eigenvalue weighted by atomic mass is 9.97. The van der Waals surface area contributed by atoms with Gasteiger partial charge in [-0.3, -0.25) is 0 Å². The lowest BCUT2D eigenvalue weighted by Crippen LogP contribution is -2.14. The zero-order valence-electron chi connectivity index (χ0n) is 8.18. The van der Waals surface area contributed by atoms with Crippen LogP contribution in [0.3, 0.4) is 0 Å². The highest BCUT2D eigenvalue weighted by atomic mass is 35.5. The smallest absolute Gasteiger partial charge is 0.417 e. The predicted octanol–water partition coefficient (Wildman–Crippen LogP) is 3.01. The molecule has 0 radical (unpaired) electrons. The Bertz CT molecular complexity index is 505. The highest BCUT2D eigenvalue weighted by Gasteiger charge is 2.36. The van der Waals surface area contributed by atoms with Crippen molar-refractivity contribution in [3.8, 4) is 6.07 Å². The van der Waals surface area contributed by atoms with Crippen molar-refractivity contribution in [1.82, 2.24) is 0 Å². The first kappa shape index (κ1) is 13.3. The Kier molecular flexibility index (Phi) is 3.63. The highest BCUT2D eigenvalue weighted by Crippen LogP contribution is 2.34. The highest BCUT2D eigenvalue weighted by molar-refractivity contribution is 6.17. The van der Waals surface area contributed by atoms with Crippen molar-refractivity contribution in [2.75, 3.05) is 0 Å². The van der Waals surface area contributed by atoms with Crippen molar-refractivity contribution in [3.63, 3.8) is 0 Å². The van der Waals surface area contributed by atoms with Crippen LogP contribution in [0.15, 0.2) is 12.1 Å². The number of rotatable bonds is 2. The minimum Gasteiger partial charge on any atom is -0.478 e. The molecule has 0 fully saturated rings. The van der Waals surface area contributed by atoms with E-state index in [9.17, 15) is 18.0 Å². The number of benzene rings is 1. The molecule has 17 heavy (non-hydrogen) atoms. The number of aromatic carboxylic acids is 1. The summed E-state index contributed by atoms with van der Waals surface area (Å²) in [5.74, 6) is -1.89. The largest absolute Gasteiger partial charge is 0.478 e. The number of alkyl halides is 4. The molecule has 0 bridgehead atoms. The van der Waals surface area contributed by atoms with Gasteiger partial charge in [-0.1, -0.05) is 6.07 Å². The van der Waals surface area contributed by atoms with Gasteiger partial charge in [0.15, 0.2) is 0 Å². The van der Waals surface area contributed by atoms with Crippen LogP contribution in [0.25, 0.3) is 0 Å². The van der Waals surface area contributed by atoms with Gasteiger partial charge >= 0.3 is 12.1 Å². The zero-order chi connectivity index (χ0) is 13.2. The van der Waals surface area contributed by atoms with E-state index >= 15 is 0 Å². The van der Waals surface area contributed by atoms with Gasteiger partial charge in [0.25, 0.3) is 0 Å². The standard InChI is InChI=1S/C10H5ClF3NO2/c11-3-5-1-2-7(10(12,13)14)6(4-15)8(5)9(16)17/h1-2H,3H2,(H,16,17). The quantitative estimate of drug-likeness (QED) is 0.834. The third-order valence-corrected chi connectivity index (χ3v) is 2.35. The first-order valence-electron chi connectivity index (χ1n) is 4.25. The van der Waals surface area contributed by atoms with Crippen LogP contribution in [-0.2, 0) is 12.1 Å². The van der Waals surface area contributed by atoms with Gasteiger partial charge in [0.2, 0.25) is 0 Å². The number of carboxylic acids is 1. The monoisotopic (exact) mass is 263 g/mol. The summed E-state index contributed by atoms with van der Waals surface area (Å²) in [4.78, 5) is 10.9. The maximum atomic E-state index is 12.5. The summed E-state index contributed by atoms with van der Waals surface area (Å²) in [6.45, 7) is 0. The maximum Gasteiger partial charge on any atom is 0.417 e. The Hall–Kier alpha value is -1.74. The maximum absolute atomic E-state index is 12.5. The molecule has 0 aromatic heterocycles. The molecule has 0 aliphatic heterocycles. The molecular weight excluding hydrogens is 259 g/mol. The Morgan fingerprint density at radius 3 is 2.41 bits per heavy atom. The van der Waals surface area contributed by atoms with Crippen molar-refractivity contribution < 1.29 is 23.1 Å². The molecule has 0 saturated carbocycles. The van der Waals surface area contributed by atoms with Crippen LogP contribution in [0.1, 0.15) is 27.0 Å². The summed E-state index contributed by atoms with van der Waals surface area (Å²) < 4.78 is 37.6. The molecule has 3 nitrogen and oxygen atoms in total. The van der Waals surface area contributed by atoms with Gasteiger partial charge < -0.3 is 5.11 Å². The number of halogens is 4. The predicted molar refractivity (Wildman–Crippen MR) is 52.7 cm³/mol. The van der Waals surface area contributed by atoms with E-state index in [1.165, 1.54) is 6.07 Å². The first-order valence-corrected chi connectivity index (χ1v) is 4.78. The summed E-state index contributed by atoms with van der Waals surface area (Å²) in [6.07, 6.45) is -4.78. The Morgan fingerprint density at radius 2 is 2.06 bits per heavy atom. The Balaban J connectivity index is 3.66. The van der Waals surface area contributed by atoms with Crippen molar-refractivity contribution in [2.45, 2.75) is 12.1 Å². The van der Waals surface area contributed by atoms with Gasteiger partial charge in [0.05, 0.1) is 16.7 Å². The molecule has 0 heterocycles. The van der Waals surface area contributed by atoms with E-state index in [1.807, 2.05) is 0 Å². The molecule has 7 heteroatoms. The minimum absolute atomic E-state index is 0.0243. The summed E-state index contributed by atoms with van der Waals surface area (Å²) in [5, 5.41) is 17.5. The number of hydrogen-bond donors (Lipinski definition) is 1. The topological polar surface area (TPSA) is 61.1 Å². The van der Waals surface area contributed by atoms with Crippen molar-refractivity contribution in [2.24, 2.45) is 0 Å². The van der Waals surface area contributed by atoms with E-state index in [-0.39, 0.29) is 11.4 Å². The molecule has 0 amide bonds. The number of hydrogen-bond acceptors (Lipinski definition) is 2. The lowest BCUT2D eigenvalue weighted by molar-refractivity contribution is -0.137. The number of nitrogens with zero attached hydrogens (tertiary/aromatic N) is 1. The lowest BCUT2D eigenvalue weighted by Gasteiger charge is -2.12. The molecule has 0 atom stereocenters. The number of carbonyl (C=O) groups is 1. The Morgan fingerprint density at radius 1 is 1.47 bits per heavy atom. The third kappa shape index (κ3) is 2.50. The van der Waals surface area contributed by atoms with E-state index in [4.69, 9.17) is 22.0 Å². The number of nitriles is 1. The van der Waals surface area contributed by atoms with Gasteiger partial charge in [-0.05, 0) is 11.6 Å². The average Bonchev–Trinajstić information content (AvgIpc) is 2.25. The summed E-state index contributed by atoms with van der Waals surface area (Å²) >= 11 is 5.42. The fraction of sp³-hybridized carbons (Fsp3) is 0.200. The third-order valence-electron chi connectivity index (χ3n) is 2.07. The molecule has 0 spiro atoms. The minimum atomic E-state index is -4.78. The van der Waals surface area contributed by atoms with Crippen LogP contribution in [0.4, 0.5) is 13.2 Å². The van der Waals surface area contributed by atoms with Gasteiger partial charge in [-0.25, -0.2) is 4.79 Å². The van der Waals surface area contributed by atoms with Crippen LogP contribution >= 0.6 is 11.6 Å². The Labute approximate surface area is 99.0 Å². The summed E-state index contributed by atoms with van der Waals surface area (Å²) in [7, 11) is 0. The SMILES string of the molecule is N#Cc1c(C(F)(F)F)ccc(CCl)c1C(=O)O. The molecule has 1 rings (SSSR count). The van der Waals surface area contributed by atoms with E-state index in [1.54, 1.807) is 0 Å².